The summed E-state index contributed by atoms with van der Waals surface area (Å²) in [7, 11) is 0. The quantitative estimate of drug-likeness (QED) is 0.749. The van der Waals surface area contributed by atoms with Crippen molar-refractivity contribution in [2.75, 3.05) is 0 Å². The van der Waals surface area contributed by atoms with Gasteiger partial charge in [0.05, 0.1) is 12.6 Å². The van der Waals surface area contributed by atoms with Crippen molar-refractivity contribution >= 4 is 16.8 Å². The molecule has 5 heteroatoms. The molecule has 0 spiro atoms. The molecule has 0 aliphatic carbocycles. The van der Waals surface area contributed by atoms with Crippen LogP contribution in [0.5, 0.6) is 0 Å². The molecule has 1 N–H and O–H groups in total. The molecular formula is C18H16FN3O. The Morgan fingerprint density at radius 3 is 3.04 bits per heavy atom. The van der Waals surface area contributed by atoms with Crippen LogP contribution in [0.4, 0.5) is 4.39 Å². The normalized spacial score (nSPS) is 17.3. The molecule has 3 heterocycles. The third-order valence-corrected chi connectivity index (χ3v) is 4.54. The Balaban J connectivity index is 1.84. The molecule has 0 saturated carbocycles. The molecule has 3 aromatic rings. The van der Waals surface area contributed by atoms with Crippen molar-refractivity contribution in [3.05, 3.63) is 65.4 Å². The lowest BCUT2D eigenvalue weighted by Gasteiger charge is -2.35. The summed E-state index contributed by atoms with van der Waals surface area (Å²) in [6.07, 6.45) is 4.25. The van der Waals surface area contributed by atoms with Crippen LogP contribution in [-0.4, -0.2) is 20.8 Å². The lowest BCUT2D eigenvalue weighted by molar-refractivity contribution is -0.132. The summed E-state index contributed by atoms with van der Waals surface area (Å²) < 4.78 is 13.6. The van der Waals surface area contributed by atoms with E-state index in [0.29, 0.717) is 13.0 Å². The minimum absolute atomic E-state index is 0.0123. The van der Waals surface area contributed by atoms with Gasteiger partial charge in [-0.25, -0.2) is 4.39 Å². The topological polar surface area (TPSA) is 49.0 Å². The zero-order valence-electron chi connectivity index (χ0n) is 12.7. The van der Waals surface area contributed by atoms with Gasteiger partial charge < -0.3 is 9.88 Å². The molecule has 116 valence electrons. The molecule has 1 aromatic carbocycles. The van der Waals surface area contributed by atoms with E-state index in [4.69, 9.17) is 0 Å². The first kappa shape index (κ1) is 13.9. The fourth-order valence-corrected chi connectivity index (χ4v) is 3.44. The maximum absolute atomic E-state index is 13.6. The van der Waals surface area contributed by atoms with Crippen LogP contribution >= 0.6 is 0 Å². The van der Waals surface area contributed by atoms with E-state index in [2.05, 4.69) is 9.97 Å². The maximum Gasteiger partial charge on any atom is 0.220 e. The molecule has 1 aliphatic rings. The third kappa shape index (κ3) is 2.29. The van der Waals surface area contributed by atoms with Gasteiger partial charge in [-0.1, -0.05) is 12.1 Å². The molecule has 23 heavy (non-hydrogen) atoms. The van der Waals surface area contributed by atoms with Gasteiger partial charge in [-0.15, -0.1) is 0 Å². The molecule has 1 atom stereocenters. The average molecular weight is 309 g/mol. The Labute approximate surface area is 133 Å². The van der Waals surface area contributed by atoms with Gasteiger partial charge in [0.25, 0.3) is 0 Å². The van der Waals surface area contributed by atoms with Crippen LogP contribution in [0.1, 0.15) is 29.8 Å². The Morgan fingerprint density at radius 1 is 1.39 bits per heavy atom. The maximum atomic E-state index is 13.6. The Hall–Kier alpha value is -2.69. The molecule has 0 saturated heterocycles. The Kier molecular flexibility index (Phi) is 3.15. The molecule has 4 rings (SSSR count). The second kappa shape index (κ2) is 5.19. The highest BCUT2D eigenvalue weighted by molar-refractivity contribution is 5.85. The summed E-state index contributed by atoms with van der Waals surface area (Å²) in [6.45, 7) is 2.06. The first-order chi connectivity index (χ1) is 11.1. The van der Waals surface area contributed by atoms with Crippen LogP contribution in [0, 0.1) is 5.82 Å². The molecule has 1 amide bonds. The fraction of sp³-hybridized carbons (Fsp3) is 0.222. The van der Waals surface area contributed by atoms with E-state index in [1.165, 1.54) is 17.7 Å². The van der Waals surface area contributed by atoms with Crippen molar-refractivity contribution in [3.8, 4) is 0 Å². The summed E-state index contributed by atoms with van der Waals surface area (Å²) in [5.41, 5.74) is 4.05. The molecule has 4 nitrogen and oxygen atoms in total. The number of fused-ring (bicyclic) bond motifs is 3. The van der Waals surface area contributed by atoms with Gasteiger partial charge in [0.1, 0.15) is 5.82 Å². The minimum atomic E-state index is -0.280. The van der Waals surface area contributed by atoms with Crippen LogP contribution in [0.3, 0.4) is 0 Å². The van der Waals surface area contributed by atoms with Crippen LogP contribution in [0.2, 0.25) is 0 Å². The second-order valence-electron chi connectivity index (χ2n) is 5.93. The number of aromatic nitrogens is 2. The summed E-state index contributed by atoms with van der Waals surface area (Å²) >= 11 is 0. The molecule has 1 unspecified atom stereocenters. The predicted molar refractivity (Wildman–Crippen MR) is 85.2 cm³/mol. The number of nitrogens with zero attached hydrogens (tertiary/aromatic N) is 2. The molecule has 2 aromatic heterocycles. The van der Waals surface area contributed by atoms with E-state index >= 15 is 0 Å². The SMILES string of the molecule is CC(=O)N1Cc2[nH]c3ccncc3c2CC1c1cccc(F)c1. The second-order valence-corrected chi connectivity index (χ2v) is 5.93. The van der Waals surface area contributed by atoms with E-state index in [-0.39, 0.29) is 17.8 Å². The number of carbonyl (C=O) groups excluding carboxylic acids is 1. The van der Waals surface area contributed by atoms with Gasteiger partial charge in [-0.05, 0) is 35.7 Å². The lowest BCUT2D eigenvalue weighted by Crippen LogP contribution is -2.37. The average Bonchev–Trinajstić information content (AvgIpc) is 2.91. The number of nitrogens with one attached hydrogen (secondary N) is 1. The zero-order valence-corrected chi connectivity index (χ0v) is 12.7. The van der Waals surface area contributed by atoms with Gasteiger partial charge in [0, 0.05) is 35.9 Å². The smallest absolute Gasteiger partial charge is 0.220 e. The van der Waals surface area contributed by atoms with Gasteiger partial charge in [-0.3, -0.25) is 9.78 Å². The van der Waals surface area contributed by atoms with Crippen LogP contribution in [-0.2, 0) is 17.8 Å². The fourth-order valence-electron chi connectivity index (χ4n) is 3.44. The number of pyridine rings is 1. The van der Waals surface area contributed by atoms with E-state index < -0.39 is 0 Å². The molecular weight excluding hydrogens is 293 g/mol. The van der Waals surface area contributed by atoms with Crippen molar-refractivity contribution < 1.29 is 9.18 Å². The number of halogens is 1. The van der Waals surface area contributed by atoms with Crippen molar-refractivity contribution in [1.29, 1.82) is 0 Å². The van der Waals surface area contributed by atoms with Crippen molar-refractivity contribution in [3.63, 3.8) is 0 Å². The summed E-state index contributed by atoms with van der Waals surface area (Å²) in [6, 6.07) is 8.28. The summed E-state index contributed by atoms with van der Waals surface area (Å²) in [5.74, 6) is -0.293. The highest BCUT2D eigenvalue weighted by Gasteiger charge is 2.31. The van der Waals surface area contributed by atoms with E-state index in [1.807, 2.05) is 18.3 Å². The molecule has 0 fully saturated rings. The lowest BCUT2D eigenvalue weighted by atomic mass is 9.92. The molecule has 0 radical (unpaired) electrons. The minimum Gasteiger partial charge on any atom is -0.357 e. The number of benzene rings is 1. The standard InChI is InChI=1S/C18H16FN3O/c1-11(23)22-10-17-14(15-9-20-6-5-16(15)21-17)8-18(22)12-3-2-4-13(19)7-12/h2-7,9,18,21H,8,10H2,1H3. The number of aromatic amines is 1. The summed E-state index contributed by atoms with van der Waals surface area (Å²) in [4.78, 5) is 21.5. The van der Waals surface area contributed by atoms with Crippen LogP contribution in [0.15, 0.2) is 42.7 Å². The van der Waals surface area contributed by atoms with Crippen molar-refractivity contribution in [2.24, 2.45) is 0 Å². The number of carbonyl (C=O) groups is 1. The van der Waals surface area contributed by atoms with Gasteiger partial charge in [-0.2, -0.15) is 0 Å². The van der Waals surface area contributed by atoms with Crippen molar-refractivity contribution in [1.82, 2.24) is 14.9 Å². The zero-order chi connectivity index (χ0) is 16.0. The summed E-state index contributed by atoms with van der Waals surface area (Å²) in [5, 5.41) is 1.08. The highest BCUT2D eigenvalue weighted by atomic mass is 19.1. The number of rotatable bonds is 1. The highest BCUT2D eigenvalue weighted by Crippen LogP contribution is 2.36. The number of H-pyrrole nitrogens is 1. The van der Waals surface area contributed by atoms with Gasteiger partial charge >= 0.3 is 0 Å². The number of hydrogen-bond donors (Lipinski definition) is 1. The van der Waals surface area contributed by atoms with E-state index in [0.717, 1.165) is 22.2 Å². The Morgan fingerprint density at radius 2 is 2.26 bits per heavy atom. The van der Waals surface area contributed by atoms with Gasteiger partial charge in [0.15, 0.2) is 0 Å². The van der Waals surface area contributed by atoms with Crippen molar-refractivity contribution in [2.45, 2.75) is 25.9 Å². The van der Waals surface area contributed by atoms with E-state index in [9.17, 15) is 9.18 Å². The number of amides is 1. The third-order valence-electron chi connectivity index (χ3n) is 4.54. The predicted octanol–water partition coefficient (Wildman–Crippen LogP) is 3.35. The molecule has 1 aliphatic heterocycles. The first-order valence-electron chi connectivity index (χ1n) is 7.59. The largest absolute Gasteiger partial charge is 0.357 e. The number of hydrogen-bond acceptors (Lipinski definition) is 2. The Bertz CT molecular complexity index is 902. The van der Waals surface area contributed by atoms with Crippen LogP contribution < -0.4 is 0 Å². The van der Waals surface area contributed by atoms with E-state index in [1.54, 1.807) is 24.1 Å². The first-order valence-corrected chi connectivity index (χ1v) is 7.59. The van der Waals surface area contributed by atoms with Crippen LogP contribution in [0.25, 0.3) is 10.9 Å². The van der Waals surface area contributed by atoms with Gasteiger partial charge in [0.2, 0.25) is 5.91 Å². The molecule has 0 bridgehead atoms. The monoisotopic (exact) mass is 309 g/mol.